The van der Waals surface area contributed by atoms with Gasteiger partial charge in [0.25, 0.3) is 5.91 Å². The average Bonchev–Trinajstić information content (AvgIpc) is 3.27. The van der Waals surface area contributed by atoms with E-state index in [9.17, 15) is 9.59 Å². The molecular formula is C22H31N7O2. The molecular weight excluding hydrogens is 394 g/mol. The molecule has 2 N–H and O–H groups in total. The number of pyridine rings is 1. The van der Waals surface area contributed by atoms with Crippen molar-refractivity contribution in [3.05, 3.63) is 41.3 Å². The van der Waals surface area contributed by atoms with Gasteiger partial charge >= 0.3 is 6.03 Å². The Kier molecular flexibility index (Phi) is 5.47. The Balaban J connectivity index is 1.53. The molecule has 9 nitrogen and oxygen atoms in total. The van der Waals surface area contributed by atoms with E-state index in [0.717, 1.165) is 24.3 Å². The van der Waals surface area contributed by atoms with Crippen molar-refractivity contribution in [2.45, 2.75) is 58.8 Å². The van der Waals surface area contributed by atoms with E-state index >= 15 is 0 Å². The van der Waals surface area contributed by atoms with Gasteiger partial charge in [-0.2, -0.15) is 5.10 Å². The Morgan fingerprint density at radius 3 is 2.68 bits per heavy atom. The van der Waals surface area contributed by atoms with Gasteiger partial charge in [0.05, 0.1) is 17.8 Å². The lowest BCUT2D eigenvalue weighted by Crippen LogP contribution is -2.61. The summed E-state index contributed by atoms with van der Waals surface area (Å²) in [6.45, 7) is 13.4. The number of carbonyl (C=O) groups excluding carboxylic acids is 2. The fraction of sp³-hybridized carbons (Fsp3) is 0.545. The molecule has 0 saturated carbocycles. The van der Waals surface area contributed by atoms with E-state index < -0.39 is 5.54 Å². The lowest BCUT2D eigenvalue weighted by molar-refractivity contribution is 0.0373. The summed E-state index contributed by atoms with van der Waals surface area (Å²) < 4.78 is 0. The predicted molar refractivity (Wildman–Crippen MR) is 118 cm³/mol. The minimum absolute atomic E-state index is 0.0201. The zero-order chi connectivity index (χ0) is 22.3. The molecule has 3 amide bonds. The topological polar surface area (TPSA) is 97.5 Å². The molecule has 4 rings (SSSR count). The van der Waals surface area contributed by atoms with Crippen LogP contribution in [0.4, 0.5) is 10.6 Å². The first-order chi connectivity index (χ1) is 14.7. The van der Waals surface area contributed by atoms with Crippen LogP contribution in [0.1, 0.15) is 56.4 Å². The van der Waals surface area contributed by atoms with E-state index in [4.69, 9.17) is 0 Å². The molecule has 0 aromatic carbocycles. The molecule has 0 aliphatic carbocycles. The van der Waals surface area contributed by atoms with Crippen molar-refractivity contribution in [3.63, 3.8) is 0 Å². The minimum atomic E-state index is -0.557. The number of anilines is 1. The number of aromatic nitrogens is 3. The van der Waals surface area contributed by atoms with Crippen molar-refractivity contribution in [1.82, 2.24) is 29.9 Å². The van der Waals surface area contributed by atoms with Crippen LogP contribution in [0.5, 0.6) is 0 Å². The molecule has 1 saturated heterocycles. The highest BCUT2D eigenvalue weighted by Crippen LogP contribution is 2.41. The summed E-state index contributed by atoms with van der Waals surface area (Å²) in [6.07, 6.45) is 1.58. The lowest BCUT2D eigenvalue weighted by Gasteiger charge is -2.46. The molecule has 9 heteroatoms. The van der Waals surface area contributed by atoms with Gasteiger partial charge in [-0.3, -0.25) is 19.8 Å². The highest BCUT2D eigenvalue weighted by Gasteiger charge is 2.46. The van der Waals surface area contributed by atoms with E-state index in [1.165, 1.54) is 0 Å². The Hall–Kier alpha value is -2.94. The number of hydrogen-bond acceptors (Lipinski definition) is 5. The van der Waals surface area contributed by atoms with Crippen LogP contribution in [0.2, 0.25) is 0 Å². The van der Waals surface area contributed by atoms with E-state index in [0.29, 0.717) is 30.6 Å². The molecule has 2 aromatic heterocycles. The molecule has 2 aliphatic heterocycles. The molecule has 2 aromatic rings. The third kappa shape index (κ3) is 3.67. The van der Waals surface area contributed by atoms with E-state index in [-0.39, 0.29) is 18.0 Å². The maximum atomic E-state index is 13.6. The molecule has 31 heavy (non-hydrogen) atoms. The third-order valence-electron chi connectivity index (χ3n) is 6.60. The van der Waals surface area contributed by atoms with Crippen LogP contribution >= 0.6 is 0 Å². The first-order valence-corrected chi connectivity index (χ1v) is 10.9. The molecule has 2 aliphatic rings. The van der Waals surface area contributed by atoms with E-state index in [2.05, 4.69) is 46.2 Å². The van der Waals surface area contributed by atoms with Crippen LogP contribution in [0.15, 0.2) is 24.4 Å². The summed E-state index contributed by atoms with van der Waals surface area (Å²) in [6, 6.07) is 5.66. The smallest absolute Gasteiger partial charge is 0.319 e. The number of carbonyl (C=O) groups is 2. The van der Waals surface area contributed by atoms with Gasteiger partial charge in [-0.05, 0) is 46.4 Å². The van der Waals surface area contributed by atoms with E-state index in [1.807, 2.05) is 23.6 Å². The quantitative estimate of drug-likeness (QED) is 0.788. The summed E-state index contributed by atoms with van der Waals surface area (Å²) in [7, 11) is 0. The Morgan fingerprint density at radius 2 is 2.00 bits per heavy atom. The van der Waals surface area contributed by atoms with Crippen LogP contribution in [0.25, 0.3) is 0 Å². The van der Waals surface area contributed by atoms with Crippen molar-refractivity contribution in [1.29, 1.82) is 0 Å². The summed E-state index contributed by atoms with van der Waals surface area (Å²) in [5.41, 5.74) is 1.46. The predicted octanol–water partition coefficient (Wildman–Crippen LogP) is 2.64. The normalized spacial score (nSPS) is 23.0. The summed E-state index contributed by atoms with van der Waals surface area (Å²) in [4.78, 5) is 36.5. The van der Waals surface area contributed by atoms with Gasteiger partial charge in [-0.1, -0.05) is 13.0 Å². The molecule has 0 unspecified atom stereocenters. The van der Waals surface area contributed by atoms with Gasteiger partial charge in [0.1, 0.15) is 5.69 Å². The van der Waals surface area contributed by atoms with Gasteiger partial charge in [-0.25, -0.2) is 4.79 Å². The first-order valence-electron chi connectivity index (χ1n) is 10.9. The molecule has 1 fully saturated rings. The lowest BCUT2D eigenvalue weighted by atomic mass is 10.0. The van der Waals surface area contributed by atoms with Crippen molar-refractivity contribution < 1.29 is 9.59 Å². The van der Waals surface area contributed by atoms with E-state index in [1.54, 1.807) is 24.4 Å². The van der Waals surface area contributed by atoms with Gasteiger partial charge in [0.2, 0.25) is 0 Å². The highest BCUT2D eigenvalue weighted by atomic mass is 16.2. The zero-order valence-corrected chi connectivity index (χ0v) is 18.8. The highest BCUT2D eigenvalue weighted by molar-refractivity contribution is 6.02. The zero-order valence-electron chi connectivity index (χ0n) is 18.8. The van der Waals surface area contributed by atoms with Gasteiger partial charge in [0.15, 0.2) is 5.82 Å². The van der Waals surface area contributed by atoms with Crippen LogP contribution in [0, 0.1) is 0 Å². The molecule has 0 radical (unpaired) electrons. The summed E-state index contributed by atoms with van der Waals surface area (Å²) in [5.74, 6) is 0.127. The third-order valence-corrected chi connectivity index (χ3v) is 6.60. The number of rotatable bonds is 3. The number of hydrogen-bond donors (Lipinski definition) is 2. The second-order valence-corrected chi connectivity index (χ2v) is 8.96. The number of urea groups is 1. The van der Waals surface area contributed by atoms with Crippen LogP contribution in [-0.4, -0.2) is 73.5 Å². The number of piperazine rings is 1. The van der Waals surface area contributed by atoms with Crippen molar-refractivity contribution in [2.75, 3.05) is 25.0 Å². The Bertz CT molecular complexity index is 971. The van der Waals surface area contributed by atoms with Crippen molar-refractivity contribution >= 4 is 17.8 Å². The summed E-state index contributed by atoms with van der Waals surface area (Å²) in [5, 5.41) is 10.2. The maximum absolute atomic E-state index is 13.6. The molecule has 166 valence electrons. The fourth-order valence-electron chi connectivity index (χ4n) is 4.66. The molecule has 4 heterocycles. The van der Waals surface area contributed by atoms with Crippen LogP contribution in [-0.2, 0) is 12.1 Å². The fourth-order valence-corrected chi connectivity index (χ4v) is 4.66. The number of nitrogens with zero attached hydrogens (tertiary/aromatic N) is 5. The Labute approximate surface area is 182 Å². The van der Waals surface area contributed by atoms with Crippen LogP contribution in [0.3, 0.4) is 0 Å². The van der Waals surface area contributed by atoms with Crippen LogP contribution < -0.4 is 5.32 Å². The average molecular weight is 426 g/mol. The first kappa shape index (κ1) is 21.3. The monoisotopic (exact) mass is 425 g/mol. The maximum Gasteiger partial charge on any atom is 0.321 e. The number of aromatic amines is 1. The molecule has 0 bridgehead atoms. The minimum Gasteiger partial charge on any atom is -0.319 e. The Morgan fingerprint density at radius 1 is 1.23 bits per heavy atom. The second kappa shape index (κ2) is 7.96. The largest absolute Gasteiger partial charge is 0.321 e. The molecule has 0 spiro atoms. The number of H-pyrrole nitrogens is 1. The second-order valence-electron chi connectivity index (χ2n) is 8.96. The van der Waals surface area contributed by atoms with Gasteiger partial charge < -0.3 is 15.1 Å². The SMILES string of the molecule is CCN1C[C@@H](C)N(C(=O)N2Cc3c(NC(=O)c4ccccn4)n[nH]c3C2(C)C)C[C@@H]1C. The van der Waals surface area contributed by atoms with Crippen molar-refractivity contribution in [3.8, 4) is 0 Å². The molecule has 2 atom stereocenters. The van der Waals surface area contributed by atoms with Gasteiger partial charge in [0, 0.05) is 36.9 Å². The number of fused-ring (bicyclic) bond motifs is 1. The number of nitrogens with one attached hydrogen (secondary N) is 2. The number of likely N-dealkylation sites (N-methyl/N-ethyl adjacent to an activating group) is 1. The van der Waals surface area contributed by atoms with Gasteiger partial charge in [-0.15, -0.1) is 0 Å². The van der Waals surface area contributed by atoms with Crippen molar-refractivity contribution in [2.24, 2.45) is 0 Å². The number of amides is 3. The standard InChI is InChI=1S/C22H31N7O2/c1-6-27-11-15(3)28(12-14(27)2)21(31)29-13-16-18(22(29,4)5)25-26-19(16)24-20(30)17-9-7-8-10-23-17/h7-10,14-15H,6,11-13H2,1-5H3,(H2,24,25,26,30)/t14-,15+/m0/s1. The summed E-state index contributed by atoms with van der Waals surface area (Å²) >= 11 is 0.